The molecule has 2 aromatic carbocycles. The van der Waals surface area contributed by atoms with Gasteiger partial charge in [0.1, 0.15) is 6.61 Å². The van der Waals surface area contributed by atoms with Crippen molar-refractivity contribution in [1.82, 2.24) is 0 Å². The van der Waals surface area contributed by atoms with Crippen molar-refractivity contribution in [2.75, 3.05) is 0 Å². The number of hydrogen-bond acceptors (Lipinski definition) is 5. The Kier molecular flexibility index (Phi) is 4.28. The second-order valence-electron chi connectivity index (χ2n) is 4.00. The summed E-state index contributed by atoms with van der Waals surface area (Å²) < 4.78 is 5.49. The van der Waals surface area contributed by atoms with Gasteiger partial charge >= 0.3 is 5.69 Å². The largest absolute Gasteiger partial charge is 0.482 e. The van der Waals surface area contributed by atoms with Gasteiger partial charge in [0.05, 0.1) is 11.1 Å². The summed E-state index contributed by atoms with van der Waals surface area (Å²) in [4.78, 5) is 10.4. The van der Waals surface area contributed by atoms with Crippen molar-refractivity contribution in [3.63, 3.8) is 0 Å². The Labute approximate surface area is 115 Å². The lowest BCUT2D eigenvalue weighted by molar-refractivity contribution is -0.385. The number of nitro groups is 1. The lowest BCUT2D eigenvalue weighted by atomic mass is 10.2. The molecule has 0 atom stereocenters. The van der Waals surface area contributed by atoms with E-state index in [0.717, 1.165) is 5.56 Å². The van der Waals surface area contributed by atoms with Crippen LogP contribution in [0.4, 0.5) is 5.69 Å². The van der Waals surface area contributed by atoms with E-state index in [2.05, 4.69) is 5.16 Å². The number of rotatable bonds is 5. The third-order valence-electron chi connectivity index (χ3n) is 2.62. The molecule has 0 radical (unpaired) electrons. The maximum Gasteiger partial charge on any atom is 0.310 e. The van der Waals surface area contributed by atoms with Gasteiger partial charge in [0, 0.05) is 11.6 Å². The normalized spacial score (nSPS) is 10.6. The molecule has 0 saturated carbocycles. The quantitative estimate of drug-likeness (QED) is 0.392. The summed E-state index contributed by atoms with van der Waals surface area (Å²) in [6.07, 6.45) is 1.18. The predicted molar refractivity (Wildman–Crippen MR) is 73.3 cm³/mol. The molecule has 0 bridgehead atoms. The van der Waals surface area contributed by atoms with Crippen LogP contribution in [-0.4, -0.2) is 16.3 Å². The van der Waals surface area contributed by atoms with E-state index in [4.69, 9.17) is 9.94 Å². The zero-order valence-electron chi connectivity index (χ0n) is 10.5. The molecule has 0 aliphatic carbocycles. The van der Waals surface area contributed by atoms with Crippen LogP contribution in [0.2, 0.25) is 0 Å². The Morgan fingerprint density at radius 3 is 2.65 bits per heavy atom. The molecule has 0 aromatic heterocycles. The van der Waals surface area contributed by atoms with Crippen LogP contribution in [0.25, 0.3) is 0 Å². The van der Waals surface area contributed by atoms with E-state index in [-0.39, 0.29) is 18.0 Å². The van der Waals surface area contributed by atoms with Crippen LogP contribution in [0.1, 0.15) is 11.1 Å². The maximum absolute atomic E-state index is 10.9. The number of benzene rings is 2. The smallest absolute Gasteiger partial charge is 0.310 e. The molecular weight excluding hydrogens is 260 g/mol. The van der Waals surface area contributed by atoms with Crippen molar-refractivity contribution >= 4 is 11.9 Å². The fraction of sp³-hybridized carbons (Fsp3) is 0.0714. The summed E-state index contributed by atoms with van der Waals surface area (Å²) in [6, 6.07) is 13.6. The molecule has 2 aromatic rings. The topological polar surface area (TPSA) is 85.0 Å². The summed E-state index contributed by atoms with van der Waals surface area (Å²) >= 11 is 0. The zero-order valence-corrected chi connectivity index (χ0v) is 10.5. The number of nitro benzene ring substituents is 1. The molecule has 0 saturated heterocycles. The number of nitrogens with zero attached hydrogens (tertiary/aromatic N) is 2. The minimum atomic E-state index is -0.514. The van der Waals surface area contributed by atoms with E-state index >= 15 is 0 Å². The highest BCUT2D eigenvalue weighted by Crippen LogP contribution is 2.28. The van der Waals surface area contributed by atoms with E-state index in [1.165, 1.54) is 24.4 Å². The van der Waals surface area contributed by atoms with Crippen molar-refractivity contribution in [3.8, 4) is 5.75 Å². The van der Waals surface area contributed by atoms with Gasteiger partial charge < -0.3 is 9.94 Å². The van der Waals surface area contributed by atoms with Gasteiger partial charge in [-0.3, -0.25) is 10.1 Å². The van der Waals surface area contributed by atoms with Gasteiger partial charge in [-0.25, -0.2) is 0 Å². The first-order valence-electron chi connectivity index (χ1n) is 5.83. The van der Waals surface area contributed by atoms with Crippen LogP contribution in [0.5, 0.6) is 5.75 Å². The Morgan fingerprint density at radius 2 is 2.00 bits per heavy atom. The minimum absolute atomic E-state index is 0.129. The summed E-state index contributed by atoms with van der Waals surface area (Å²) in [5.74, 6) is 0.135. The number of ether oxygens (including phenoxy) is 1. The van der Waals surface area contributed by atoms with Crippen molar-refractivity contribution < 1.29 is 14.9 Å². The van der Waals surface area contributed by atoms with Crippen molar-refractivity contribution in [1.29, 1.82) is 0 Å². The van der Waals surface area contributed by atoms with E-state index in [0.29, 0.717) is 5.56 Å². The molecule has 102 valence electrons. The van der Waals surface area contributed by atoms with Crippen molar-refractivity contribution in [2.24, 2.45) is 5.16 Å². The number of hydrogen-bond donors (Lipinski definition) is 1. The molecule has 0 fully saturated rings. The summed E-state index contributed by atoms with van der Waals surface area (Å²) in [5.41, 5.74) is 1.29. The molecule has 6 nitrogen and oxygen atoms in total. The van der Waals surface area contributed by atoms with Crippen LogP contribution >= 0.6 is 0 Å². The average molecular weight is 272 g/mol. The molecule has 0 spiro atoms. The average Bonchev–Trinajstić information content (AvgIpc) is 2.46. The Balaban J connectivity index is 2.23. The molecule has 2 rings (SSSR count). The monoisotopic (exact) mass is 272 g/mol. The summed E-state index contributed by atoms with van der Waals surface area (Å²) in [6.45, 7) is 0.224. The Morgan fingerprint density at radius 1 is 1.25 bits per heavy atom. The molecule has 20 heavy (non-hydrogen) atoms. The first-order chi connectivity index (χ1) is 9.70. The lowest BCUT2D eigenvalue weighted by Gasteiger charge is -2.07. The third kappa shape index (κ3) is 3.32. The predicted octanol–water partition coefficient (Wildman–Crippen LogP) is 2.98. The highest BCUT2D eigenvalue weighted by molar-refractivity contribution is 5.80. The highest BCUT2D eigenvalue weighted by Gasteiger charge is 2.15. The molecule has 1 N–H and O–H groups in total. The second kappa shape index (κ2) is 6.33. The number of oxime groups is 1. The van der Waals surface area contributed by atoms with Crippen molar-refractivity contribution in [3.05, 3.63) is 69.8 Å². The molecular formula is C14H12N2O4. The van der Waals surface area contributed by atoms with Gasteiger partial charge in [0.25, 0.3) is 0 Å². The van der Waals surface area contributed by atoms with Crippen LogP contribution in [0.15, 0.2) is 53.7 Å². The standard InChI is InChI=1S/C14H12N2O4/c17-15-9-12-6-7-13(16(18)19)14(8-12)20-10-11-4-2-1-3-5-11/h1-9,17H,10H2/b15-9+. The molecule has 0 aliphatic rings. The SMILES string of the molecule is O=[N+]([O-])c1ccc(/C=N/O)cc1OCc1ccccc1. The van der Waals surface area contributed by atoms with E-state index < -0.39 is 4.92 Å². The lowest BCUT2D eigenvalue weighted by Crippen LogP contribution is -2.00. The van der Waals surface area contributed by atoms with Gasteiger partial charge in [-0.1, -0.05) is 35.5 Å². The first kappa shape index (κ1) is 13.5. The van der Waals surface area contributed by atoms with E-state index in [9.17, 15) is 10.1 Å². The summed E-state index contributed by atoms with van der Waals surface area (Å²) in [5, 5.41) is 22.3. The van der Waals surface area contributed by atoms with Crippen molar-refractivity contribution in [2.45, 2.75) is 6.61 Å². The van der Waals surface area contributed by atoms with Gasteiger partial charge in [0.15, 0.2) is 5.75 Å². The van der Waals surface area contributed by atoms with Crippen LogP contribution < -0.4 is 4.74 Å². The molecule has 0 aliphatic heterocycles. The van der Waals surface area contributed by atoms with Gasteiger partial charge in [-0.15, -0.1) is 0 Å². The fourth-order valence-electron chi connectivity index (χ4n) is 1.68. The van der Waals surface area contributed by atoms with Gasteiger partial charge in [0.2, 0.25) is 0 Å². The third-order valence-corrected chi connectivity index (χ3v) is 2.62. The minimum Gasteiger partial charge on any atom is -0.482 e. The van der Waals surface area contributed by atoms with Crippen LogP contribution in [0, 0.1) is 10.1 Å². The molecule has 0 unspecified atom stereocenters. The first-order valence-corrected chi connectivity index (χ1v) is 5.83. The zero-order chi connectivity index (χ0) is 14.4. The molecule has 0 amide bonds. The Hall–Kier alpha value is -2.89. The van der Waals surface area contributed by atoms with Gasteiger partial charge in [-0.05, 0) is 17.7 Å². The molecule has 6 heteroatoms. The van der Waals surface area contributed by atoms with Crippen LogP contribution in [-0.2, 0) is 6.61 Å². The summed E-state index contributed by atoms with van der Waals surface area (Å²) in [7, 11) is 0. The maximum atomic E-state index is 10.9. The van der Waals surface area contributed by atoms with E-state index in [1.807, 2.05) is 30.3 Å². The second-order valence-corrected chi connectivity index (χ2v) is 4.00. The molecule has 0 heterocycles. The van der Waals surface area contributed by atoms with Crippen LogP contribution in [0.3, 0.4) is 0 Å². The highest BCUT2D eigenvalue weighted by atomic mass is 16.6. The Bertz CT molecular complexity index is 626. The fourth-order valence-corrected chi connectivity index (χ4v) is 1.68. The van der Waals surface area contributed by atoms with Gasteiger partial charge in [-0.2, -0.15) is 0 Å². The van der Waals surface area contributed by atoms with E-state index in [1.54, 1.807) is 0 Å².